The summed E-state index contributed by atoms with van der Waals surface area (Å²) >= 11 is 2.05. The molecule has 6 heteroatoms. The van der Waals surface area contributed by atoms with Crippen LogP contribution in [-0.4, -0.2) is 61.3 Å². The molecule has 0 N–H and O–H groups in total. The number of nitrogens with zero attached hydrogens (tertiary/aromatic N) is 2. The molecule has 0 aromatic heterocycles. The van der Waals surface area contributed by atoms with Crippen LogP contribution in [0, 0.1) is 0 Å². The molecule has 0 saturated carbocycles. The van der Waals surface area contributed by atoms with E-state index in [4.69, 9.17) is 0 Å². The van der Waals surface area contributed by atoms with Crippen LogP contribution in [0.1, 0.15) is 43.2 Å². The summed E-state index contributed by atoms with van der Waals surface area (Å²) in [5.74, 6) is 2.50. The summed E-state index contributed by atoms with van der Waals surface area (Å²) in [7, 11) is -3.37. The van der Waals surface area contributed by atoms with Gasteiger partial charge in [0.2, 0.25) is 10.0 Å². The zero-order valence-electron chi connectivity index (χ0n) is 15.5. The second kappa shape index (κ2) is 8.21. The van der Waals surface area contributed by atoms with Crippen LogP contribution in [0.3, 0.4) is 0 Å². The number of hydrogen-bond donors (Lipinski definition) is 0. The summed E-state index contributed by atoms with van der Waals surface area (Å²) in [6.07, 6.45) is 7.95. The number of hydrogen-bond acceptors (Lipinski definition) is 4. The van der Waals surface area contributed by atoms with E-state index in [1.54, 1.807) is 4.31 Å². The van der Waals surface area contributed by atoms with Crippen molar-refractivity contribution >= 4 is 21.8 Å². The van der Waals surface area contributed by atoms with Gasteiger partial charge < -0.3 is 0 Å². The highest BCUT2D eigenvalue weighted by Crippen LogP contribution is 2.27. The van der Waals surface area contributed by atoms with Crippen molar-refractivity contribution in [1.82, 2.24) is 9.21 Å². The molecule has 1 aromatic rings. The Balaban J connectivity index is 1.47. The third kappa shape index (κ3) is 3.98. The molecule has 1 aromatic carbocycles. The van der Waals surface area contributed by atoms with Crippen molar-refractivity contribution in [1.29, 1.82) is 0 Å². The Hall–Kier alpha value is -0.560. The molecule has 1 aliphatic carbocycles. The Morgan fingerprint density at radius 2 is 1.65 bits per heavy atom. The van der Waals surface area contributed by atoms with E-state index in [1.165, 1.54) is 48.3 Å². The smallest absolute Gasteiger partial charge is 0.243 e. The van der Waals surface area contributed by atoms with Crippen molar-refractivity contribution in [3.8, 4) is 0 Å². The van der Waals surface area contributed by atoms with Gasteiger partial charge >= 0.3 is 0 Å². The first kappa shape index (κ1) is 18.8. The van der Waals surface area contributed by atoms with Gasteiger partial charge in [0.25, 0.3) is 0 Å². The van der Waals surface area contributed by atoms with Crippen LogP contribution in [0.25, 0.3) is 0 Å². The highest BCUT2D eigenvalue weighted by molar-refractivity contribution is 7.99. The van der Waals surface area contributed by atoms with Gasteiger partial charge in [-0.2, -0.15) is 16.1 Å². The topological polar surface area (TPSA) is 40.6 Å². The largest absolute Gasteiger partial charge is 0.299 e. The molecule has 2 fully saturated rings. The summed E-state index contributed by atoms with van der Waals surface area (Å²) in [6, 6.07) is 6.49. The van der Waals surface area contributed by atoms with Gasteiger partial charge in [-0.15, -0.1) is 0 Å². The van der Waals surface area contributed by atoms with Crippen molar-refractivity contribution in [3.05, 3.63) is 29.3 Å². The van der Waals surface area contributed by atoms with Crippen LogP contribution in [0.2, 0.25) is 0 Å². The Morgan fingerprint density at radius 1 is 0.885 bits per heavy atom. The third-order valence-electron chi connectivity index (χ3n) is 6.15. The summed E-state index contributed by atoms with van der Waals surface area (Å²) in [6.45, 7) is 3.19. The van der Waals surface area contributed by atoms with Gasteiger partial charge in [-0.1, -0.05) is 6.07 Å². The monoisotopic (exact) mass is 394 g/mol. The summed E-state index contributed by atoms with van der Waals surface area (Å²) in [5.41, 5.74) is 2.58. The van der Waals surface area contributed by atoms with Gasteiger partial charge in [0, 0.05) is 25.7 Å². The first-order chi connectivity index (χ1) is 12.6. The minimum absolute atomic E-state index is 0.501. The first-order valence-corrected chi connectivity index (χ1v) is 12.7. The molecule has 0 atom stereocenters. The van der Waals surface area contributed by atoms with Crippen LogP contribution in [0.5, 0.6) is 0 Å². The summed E-state index contributed by atoms with van der Waals surface area (Å²) in [4.78, 5) is 3.04. The average molecular weight is 395 g/mol. The number of rotatable bonds is 3. The van der Waals surface area contributed by atoms with Crippen molar-refractivity contribution < 1.29 is 8.42 Å². The van der Waals surface area contributed by atoms with E-state index < -0.39 is 10.0 Å². The zero-order chi connectivity index (χ0) is 18.0. The number of benzene rings is 1. The van der Waals surface area contributed by atoms with Crippen LogP contribution >= 0.6 is 11.8 Å². The highest BCUT2D eigenvalue weighted by atomic mass is 32.2. The molecule has 0 bridgehead atoms. The molecule has 26 heavy (non-hydrogen) atoms. The van der Waals surface area contributed by atoms with Gasteiger partial charge in [-0.3, -0.25) is 4.90 Å². The first-order valence-electron chi connectivity index (χ1n) is 10.1. The molecule has 2 aliphatic heterocycles. The number of fused-ring (bicyclic) bond motifs is 1. The number of thioether (sulfide) groups is 1. The minimum Gasteiger partial charge on any atom is -0.299 e. The molecule has 0 spiro atoms. The lowest BCUT2D eigenvalue weighted by Crippen LogP contribution is -2.41. The van der Waals surface area contributed by atoms with Crippen LogP contribution in [0.15, 0.2) is 23.1 Å². The lowest BCUT2D eigenvalue weighted by atomic mass is 9.92. The molecular weight excluding hydrogens is 364 g/mol. The SMILES string of the molecule is O=S(=O)(c1ccc2c(c1)CCCC2)N1CCCN(C2CCSCC2)CC1. The quantitative estimate of drug-likeness (QED) is 0.790. The van der Waals surface area contributed by atoms with Gasteiger partial charge in [0.1, 0.15) is 0 Å². The third-order valence-corrected chi connectivity index (χ3v) is 9.10. The van der Waals surface area contributed by atoms with Gasteiger partial charge in [0.05, 0.1) is 4.90 Å². The Morgan fingerprint density at radius 3 is 2.46 bits per heavy atom. The van der Waals surface area contributed by atoms with Crippen molar-refractivity contribution in [3.63, 3.8) is 0 Å². The molecule has 2 saturated heterocycles. The van der Waals surface area contributed by atoms with Crippen LogP contribution in [-0.2, 0) is 22.9 Å². The normalized spacial score (nSPS) is 24.2. The van der Waals surface area contributed by atoms with Gasteiger partial charge in [-0.05, 0) is 86.3 Å². The summed E-state index contributed by atoms with van der Waals surface area (Å²) < 4.78 is 28.2. The molecule has 4 nitrogen and oxygen atoms in total. The summed E-state index contributed by atoms with van der Waals surface area (Å²) in [5, 5.41) is 0. The average Bonchev–Trinajstić information content (AvgIpc) is 2.95. The molecule has 0 unspecified atom stereocenters. The maximum Gasteiger partial charge on any atom is 0.243 e. The molecule has 2 heterocycles. The Bertz CT molecular complexity index is 729. The van der Waals surface area contributed by atoms with E-state index in [2.05, 4.69) is 4.90 Å². The molecule has 144 valence electrons. The van der Waals surface area contributed by atoms with E-state index in [0.29, 0.717) is 24.0 Å². The lowest BCUT2D eigenvalue weighted by Gasteiger charge is -2.33. The molecule has 3 aliphatic rings. The number of sulfonamides is 1. The molecule has 0 radical (unpaired) electrons. The standard InChI is InChI=1S/C20H30N2O2S2/c23-26(24,20-7-6-17-4-1-2-5-18(17)16-20)22-11-3-10-21(12-13-22)19-8-14-25-15-9-19/h6-7,16,19H,1-5,8-15H2. The second-order valence-corrected chi connectivity index (χ2v) is 10.9. The molecule has 0 amide bonds. The fourth-order valence-corrected chi connectivity index (χ4v) is 7.19. The highest BCUT2D eigenvalue weighted by Gasteiger charge is 2.30. The lowest BCUT2D eigenvalue weighted by molar-refractivity contribution is 0.195. The van der Waals surface area contributed by atoms with Crippen molar-refractivity contribution in [2.24, 2.45) is 0 Å². The van der Waals surface area contributed by atoms with E-state index in [0.717, 1.165) is 32.4 Å². The van der Waals surface area contributed by atoms with Crippen molar-refractivity contribution in [2.45, 2.75) is 55.9 Å². The predicted octanol–water partition coefficient (Wildman–Crippen LogP) is 3.16. The van der Waals surface area contributed by atoms with E-state index in [9.17, 15) is 8.42 Å². The Labute approximate surface area is 162 Å². The predicted molar refractivity (Wildman–Crippen MR) is 108 cm³/mol. The molecule has 4 rings (SSSR count). The second-order valence-electron chi connectivity index (χ2n) is 7.77. The van der Waals surface area contributed by atoms with Gasteiger partial charge in [0.15, 0.2) is 0 Å². The minimum atomic E-state index is -3.37. The Kier molecular flexibility index (Phi) is 5.93. The van der Waals surface area contributed by atoms with Gasteiger partial charge in [-0.25, -0.2) is 8.42 Å². The maximum absolute atomic E-state index is 13.2. The maximum atomic E-state index is 13.2. The van der Waals surface area contributed by atoms with Crippen molar-refractivity contribution in [2.75, 3.05) is 37.7 Å². The molecular formula is C20H30N2O2S2. The van der Waals surface area contributed by atoms with Crippen LogP contribution in [0.4, 0.5) is 0 Å². The van der Waals surface area contributed by atoms with E-state index in [1.807, 2.05) is 30.0 Å². The fraction of sp³-hybridized carbons (Fsp3) is 0.700. The fourth-order valence-electron chi connectivity index (χ4n) is 4.59. The van der Waals surface area contributed by atoms with E-state index >= 15 is 0 Å². The number of aryl methyl sites for hydroxylation is 2. The van der Waals surface area contributed by atoms with E-state index in [-0.39, 0.29) is 0 Å². The van der Waals surface area contributed by atoms with Crippen LogP contribution < -0.4 is 0 Å². The zero-order valence-corrected chi connectivity index (χ0v) is 17.2.